The van der Waals surface area contributed by atoms with Crippen LogP contribution < -0.4 is 10.5 Å². The molecule has 0 amide bonds. The lowest BCUT2D eigenvalue weighted by atomic mass is 10.0. The molecule has 0 saturated carbocycles. The molecule has 2 N–H and O–H groups in total. The van der Waals surface area contributed by atoms with Crippen LogP contribution in [0.4, 0.5) is 4.39 Å². The first-order valence-corrected chi connectivity index (χ1v) is 7.06. The van der Waals surface area contributed by atoms with Crippen LogP contribution in [0.3, 0.4) is 0 Å². The molecule has 1 atom stereocenters. The number of nitrogens with zero attached hydrogens (tertiary/aromatic N) is 1. The number of benzene rings is 1. The topological polar surface area (TPSA) is 48.1 Å². The molecule has 0 aliphatic carbocycles. The van der Waals surface area contributed by atoms with E-state index >= 15 is 0 Å². The number of methoxy groups -OCH3 is 1. The van der Waals surface area contributed by atoms with Crippen molar-refractivity contribution in [1.29, 1.82) is 0 Å². The number of ether oxygens (including phenoxy) is 1. The van der Waals surface area contributed by atoms with E-state index < -0.39 is 0 Å². The van der Waals surface area contributed by atoms with Gasteiger partial charge in [0.05, 0.1) is 7.11 Å². The third-order valence-electron chi connectivity index (χ3n) is 2.99. The molecule has 5 heteroatoms. The lowest BCUT2D eigenvalue weighted by Gasteiger charge is -2.13. The van der Waals surface area contributed by atoms with Gasteiger partial charge < -0.3 is 10.5 Å². The number of hydrogen-bond acceptors (Lipinski definition) is 3. The largest absolute Gasteiger partial charge is 0.481 e. The van der Waals surface area contributed by atoms with Crippen molar-refractivity contribution in [3.63, 3.8) is 0 Å². The number of aromatic nitrogens is 1. The quantitative estimate of drug-likeness (QED) is 0.911. The van der Waals surface area contributed by atoms with Gasteiger partial charge in [-0.05, 0) is 42.2 Å². The first-order valence-electron chi connectivity index (χ1n) is 6.27. The molecule has 106 valence electrons. The van der Waals surface area contributed by atoms with Crippen molar-refractivity contribution in [2.75, 3.05) is 7.11 Å². The summed E-state index contributed by atoms with van der Waals surface area (Å²) >= 11 is 3.41. The second-order valence-corrected chi connectivity index (χ2v) is 5.47. The van der Waals surface area contributed by atoms with Crippen LogP contribution in [0, 0.1) is 5.82 Å². The Morgan fingerprint density at radius 1 is 1.30 bits per heavy atom. The minimum Gasteiger partial charge on any atom is -0.481 e. The van der Waals surface area contributed by atoms with Crippen LogP contribution in [0.5, 0.6) is 5.88 Å². The van der Waals surface area contributed by atoms with Gasteiger partial charge in [-0.25, -0.2) is 9.37 Å². The lowest BCUT2D eigenvalue weighted by molar-refractivity contribution is 0.397. The molecule has 0 aliphatic rings. The van der Waals surface area contributed by atoms with E-state index in [-0.39, 0.29) is 11.9 Å². The van der Waals surface area contributed by atoms with Gasteiger partial charge >= 0.3 is 0 Å². The van der Waals surface area contributed by atoms with E-state index in [0.717, 1.165) is 15.6 Å². The molecule has 1 unspecified atom stereocenters. The van der Waals surface area contributed by atoms with Gasteiger partial charge in [0, 0.05) is 22.8 Å². The van der Waals surface area contributed by atoms with Crippen molar-refractivity contribution < 1.29 is 9.13 Å². The van der Waals surface area contributed by atoms with Crippen LogP contribution in [0.2, 0.25) is 0 Å². The van der Waals surface area contributed by atoms with Crippen molar-refractivity contribution in [2.45, 2.75) is 18.9 Å². The minimum atomic E-state index is -0.249. The normalized spacial score (nSPS) is 12.2. The molecule has 1 aromatic heterocycles. The maximum Gasteiger partial charge on any atom is 0.212 e. The van der Waals surface area contributed by atoms with Crippen LogP contribution in [-0.4, -0.2) is 18.1 Å². The molecule has 0 radical (unpaired) electrons. The van der Waals surface area contributed by atoms with Crippen LogP contribution >= 0.6 is 15.9 Å². The second-order valence-electron chi connectivity index (χ2n) is 4.61. The lowest BCUT2D eigenvalue weighted by Crippen LogP contribution is -2.25. The van der Waals surface area contributed by atoms with Crippen molar-refractivity contribution in [3.05, 3.63) is 57.9 Å². The summed E-state index contributed by atoms with van der Waals surface area (Å²) in [6, 6.07) is 8.28. The van der Waals surface area contributed by atoms with E-state index in [9.17, 15) is 4.39 Å². The molecule has 1 aromatic carbocycles. The Bertz CT molecular complexity index is 575. The van der Waals surface area contributed by atoms with Gasteiger partial charge in [-0.3, -0.25) is 0 Å². The predicted octanol–water partition coefficient (Wildman–Crippen LogP) is 3.10. The third-order valence-corrected chi connectivity index (χ3v) is 3.77. The molecule has 1 heterocycles. The Morgan fingerprint density at radius 3 is 2.75 bits per heavy atom. The van der Waals surface area contributed by atoms with Crippen LogP contribution in [-0.2, 0) is 12.8 Å². The molecule has 0 fully saturated rings. The zero-order valence-corrected chi connectivity index (χ0v) is 12.7. The Hall–Kier alpha value is -1.46. The maximum absolute atomic E-state index is 13.2. The number of rotatable bonds is 5. The SMILES string of the molecule is COc1ccc(CC(N)Cc2cc(F)ccc2Br)cn1. The Morgan fingerprint density at radius 2 is 2.10 bits per heavy atom. The first kappa shape index (κ1) is 14.9. The molecule has 20 heavy (non-hydrogen) atoms. The highest BCUT2D eigenvalue weighted by molar-refractivity contribution is 9.10. The van der Waals surface area contributed by atoms with E-state index in [2.05, 4.69) is 20.9 Å². The van der Waals surface area contributed by atoms with E-state index in [1.165, 1.54) is 12.1 Å². The second kappa shape index (κ2) is 6.81. The summed E-state index contributed by atoms with van der Waals surface area (Å²) in [7, 11) is 1.58. The van der Waals surface area contributed by atoms with Crippen molar-refractivity contribution in [2.24, 2.45) is 5.73 Å². The van der Waals surface area contributed by atoms with Gasteiger partial charge in [0.25, 0.3) is 0 Å². The summed E-state index contributed by atoms with van der Waals surface area (Å²) in [5.74, 6) is 0.330. The first-order chi connectivity index (χ1) is 9.58. The van der Waals surface area contributed by atoms with Gasteiger partial charge in [-0.1, -0.05) is 22.0 Å². The number of hydrogen-bond donors (Lipinski definition) is 1. The van der Waals surface area contributed by atoms with Gasteiger partial charge in [0.2, 0.25) is 5.88 Å². The number of pyridine rings is 1. The summed E-state index contributed by atoms with van der Waals surface area (Å²) < 4.78 is 19.1. The molecular weight excluding hydrogens is 323 g/mol. The third kappa shape index (κ3) is 4.02. The summed E-state index contributed by atoms with van der Waals surface area (Å²) in [5, 5.41) is 0. The highest BCUT2D eigenvalue weighted by atomic mass is 79.9. The number of halogens is 2. The van der Waals surface area contributed by atoms with Gasteiger partial charge in [0.1, 0.15) is 5.82 Å². The zero-order valence-electron chi connectivity index (χ0n) is 11.1. The predicted molar refractivity (Wildman–Crippen MR) is 80.3 cm³/mol. The Kier molecular flexibility index (Phi) is 5.09. The highest BCUT2D eigenvalue weighted by Gasteiger charge is 2.09. The molecule has 3 nitrogen and oxygen atoms in total. The molecule has 0 saturated heterocycles. The Labute approximate surface area is 126 Å². The summed E-state index contributed by atoms with van der Waals surface area (Å²) in [4.78, 5) is 4.14. The molecule has 0 spiro atoms. The highest BCUT2D eigenvalue weighted by Crippen LogP contribution is 2.20. The van der Waals surface area contributed by atoms with Crippen molar-refractivity contribution in [1.82, 2.24) is 4.98 Å². The average Bonchev–Trinajstić information content (AvgIpc) is 2.43. The van der Waals surface area contributed by atoms with E-state index in [1.807, 2.05) is 6.07 Å². The minimum absolute atomic E-state index is 0.0942. The maximum atomic E-state index is 13.2. The summed E-state index contributed by atoms with van der Waals surface area (Å²) in [6.45, 7) is 0. The zero-order chi connectivity index (χ0) is 14.5. The average molecular weight is 339 g/mol. The van der Waals surface area contributed by atoms with Gasteiger partial charge in [-0.2, -0.15) is 0 Å². The standard InChI is InChI=1S/C15H16BrFN2O/c1-20-15-5-2-10(9-19-15)6-13(18)8-11-7-12(17)3-4-14(11)16/h2-5,7,9,13H,6,8,18H2,1H3. The molecule has 0 bridgehead atoms. The van der Waals surface area contributed by atoms with Gasteiger partial charge in [-0.15, -0.1) is 0 Å². The monoisotopic (exact) mass is 338 g/mol. The molecule has 0 aliphatic heterocycles. The summed E-state index contributed by atoms with van der Waals surface area (Å²) in [5.41, 5.74) is 8.03. The van der Waals surface area contributed by atoms with E-state index in [0.29, 0.717) is 18.7 Å². The van der Waals surface area contributed by atoms with Crippen LogP contribution in [0.25, 0.3) is 0 Å². The van der Waals surface area contributed by atoms with Crippen molar-refractivity contribution in [3.8, 4) is 5.88 Å². The Balaban J connectivity index is 2.00. The fraction of sp³-hybridized carbons (Fsp3) is 0.267. The van der Waals surface area contributed by atoms with Crippen molar-refractivity contribution >= 4 is 15.9 Å². The van der Waals surface area contributed by atoms with Gasteiger partial charge in [0.15, 0.2) is 0 Å². The fourth-order valence-corrected chi connectivity index (χ4v) is 2.42. The summed E-state index contributed by atoms with van der Waals surface area (Å²) in [6.07, 6.45) is 3.03. The smallest absolute Gasteiger partial charge is 0.212 e. The molecular formula is C15H16BrFN2O. The van der Waals surface area contributed by atoms with Crippen LogP contribution in [0.15, 0.2) is 41.0 Å². The number of nitrogens with two attached hydrogens (primary N) is 1. The van der Waals surface area contributed by atoms with E-state index in [1.54, 1.807) is 25.4 Å². The van der Waals surface area contributed by atoms with Crippen LogP contribution in [0.1, 0.15) is 11.1 Å². The molecule has 2 aromatic rings. The van der Waals surface area contributed by atoms with E-state index in [4.69, 9.17) is 10.5 Å². The fourth-order valence-electron chi connectivity index (χ4n) is 2.01. The molecule has 2 rings (SSSR count).